The van der Waals surface area contributed by atoms with E-state index in [1.54, 1.807) is 6.92 Å². The number of likely N-dealkylation sites (tertiary alicyclic amines) is 1. The molecule has 142 valence electrons. The van der Waals surface area contributed by atoms with Gasteiger partial charge in [-0.15, -0.1) is 0 Å². The van der Waals surface area contributed by atoms with Crippen LogP contribution in [0.5, 0.6) is 0 Å². The number of aliphatic carboxylic acids is 1. The van der Waals surface area contributed by atoms with Crippen LogP contribution in [0, 0.1) is 11.8 Å². The minimum absolute atomic E-state index is 0.0478. The van der Waals surface area contributed by atoms with Crippen molar-refractivity contribution in [3.8, 4) is 0 Å². The van der Waals surface area contributed by atoms with E-state index in [1.807, 2.05) is 13.8 Å². The largest absolute Gasteiger partial charge is 0.480 e. The summed E-state index contributed by atoms with van der Waals surface area (Å²) in [6.07, 6.45) is 1.57. The quantitative estimate of drug-likeness (QED) is 0.669. The average Bonchev–Trinajstić information content (AvgIpc) is 3.00. The van der Waals surface area contributed by atoms with Crippen LogP contribution in [0.4, 0.5) is 0 Å². The molecule has 1 aliphatic heterocycles. The highest BCUT2D eigenvalue weighted by Gasteiger charge is 2.37. The van der Waals surface area contributed by atoms with Crippen molar-refractivity contribution in [3.63, 3.8) is 0 Å². The first-order chi connectivity index (χ1) is 11.6. The highest BCUT2D eigenvalue weighted by Crippen LogP contribution is 2.22. The number of rotatable bonds is 8. The summed E-state index contributed by atoms with van der Waals surface area (Å²) in [5.41, 5.74) is 0. The van der Waals surface area contributed by atoms with Gasteiger partial charge in [-0.05, 0) is 25.2 Å². The fraction of sp³-hybridized carbons (Fsp3) is 0.765. The van der Waals surface area contributed by atoms with E-state index in [9.17, 15) is 24.3 Å². The molecule has 0 aromatic carbocycles. The van der Waals surface area contributed by atoms with E-state index in [0.717, 1.165) is 11.8 Å². The fourth-order valence-electron chi connectivity index (χ4n) is 2.86. The van der Waals surface area contributed by atoms with Crippen molar-refractivity contribution in [2.45, 2.75) is 59.0 Å². The third-order valence-electron chi connectivity index (χ3n) is 4.12. The van der Waals surface area contributed by atoms with Crippen LogP contribution in [0.2, 0.25) is 0 Å². The van der Waals surface area contributed by atoms with Gasteiger partial charge in [0.15, 0.2) is 5.12 Å². The summed E-state index contributed by atoms with van der Waals surface area (Å²) in [6.45, 7) is 7.46. The lowest BCUT2D eigenvalue weighted by Gasteiger charge is -2.28. The van der Waals surface area contributed by atoms with Crippen LogP contribution in [0.1, 0.15) is 47.0 Å². The molecule has 1 aliphatic rings. The molecule has 8 heteroatoms. The predicted molar refractivity (Wildman–Crippen MR) is 96.1 cm³/mol. The second-order valence-corrected chi connectivity index (χ2v) is 8.12. The van der Waals surface area contributed by atoms with Gasteiger partial charge in [-0.1, -0.05) is 32.5 Å². The maximum absolute atomic E-state index is 12.6. The molecule has 1 unspecified atom stereocenters. The summed E-state index contributed by atoms with van der Waals surface area (Å²) in [5.74, 6) is -1.50. The highest BCUT2D eigenvalue weighted by molar-refractivity contribution is 8.13. The van der Waals surface area contributed by atoms with Crippen LogP contribution in [0.15, 0.2) is 0 Å². The third kappa shape index (κ3) is 6.68. The Balaban J connectivity index is 2.72. The molecule has 25 heavy (non-hydrogen) atoms. The number of hydrogen-bond acceptors (Lipinski definition) is 5. The molecule has 1 saturated heterocycles. The zero-order valence-electron chi connectivity index (χ0n) is 15.3. The van der Waals surface area contributed by atoms with E-state index in [2.05, 4.69) is 5.32 Å². The van der Waals surface area contributed by atoms with Crippen LogP contribution in [0.25, 0.3) is 0 Å². The van der Waals surface area contributed by atoms with E-state index in [-0.39, 0.29) is 22.9 Å². The topological polar surface area (TPSA) is 104 Å². The van der Waals surface area contributed by atoms with Gasteiger partial charge in [0.2, 0.25) is 11.8 Å². The molecule has 0 aromatic heterocycles. The zero-order valence-corrected chi connectivity index (χ0v) is 16.1. The second kappa shape index (κ2) is 9.79. The minimum Gasteiger partial charge on any atom is -0.480 e. The number of carboxylic acids is 1. The number of amides is 2. The van der Waals surface area contributed by atoms with E-state index < -0.39 is 24.0 Å². The van der Waals surface area contributed by atoms with Crippen LogP contribution in [0.3, 0.4) is 0 Å². The Hall–Kier alpha value is -1.57. The highest BCUT2D eigenvalue weighted by atomic mass is 32.2. The Morgan fingerprint density at radius 1 is 1.24 bits per heavy atom. The van der Waals surface area contributed by atoms with Gasteiger partial charge in [0.1, 0.15) is 12.1 Å². The normalized spacial score (nSPS) is 19.6. The molecule has 0 spiro atoms. The van der Waals surface area contributed by atoms with Crippen molar-refractivity contribution in [1.29, 1.82) is 0 Å². The lowest BCUT2D eigenvalue weighted by molar-refractivity contribution is -0.144. The monoisotopic (exact) mass is 372 g/mol. The molecule has 0 saturated carbocycles. The number of nitrogens with one attached hydrogen (secondary N) is 1. The van der Waals surface area contributed by atoms with E-state index in [0.29, 0.717) is 31.6 Å². The molecule has 0 aromatic rings. The number of carbonyl (C=O) groups is 4. The summed E-state index contributed by atoms with van der Waals surface area (Å²) in [4.78, 5) is 49.0. The average molecular weight is 372 g/mol. The first-order valence-electron chi connectivity index (χ1n) is 8.60. The van der Waals surface area contributed by atoms with Gasteiger partial charge in [-0.3, -0.25) is 14.4 Å². The number of nitrogens with zero attached hydrogens (tertiary/aromatic N) is 1. The summed E-state index contributed by atoms with van der Waals surface area (Å²) < 4.78 is 0. The summed E-state index contributed by atoms with van der Waals surface area (Å²) in [5, 5.41) is 11.8. The predicted octanol–water partition coefficient (Wildman–Crippen LogP) is 1.51. The maximum Gasteiger partial charge on any atom is 0.326 e. The number of thioether (sulfide) groups is 1. The molecule has 0 radical (unpaired) electrons. The molecule has 1 heterocycles. The molecule has 3 atom stereocenters. The molecule has 1 fully saturated rings. The molecule has 2 N–H and O–H groups in total. The maximum atomic E-state index is 12.6. The van der Waals surface area contributed by atoms with E-state index >= 15 is 0 Å². The number of hydrogen-bond donors (Lipinski definition) is 2. The van der Waals surface area contributed by atoms with Crippen molar-refractivity contribution in [2.24, 2.45) is 11.8 Å². The van der Waals surface area contributed by atoms with Gasteiger partial charge >= 0.3 is 5.97 Å². The van der Waals surface area contributed by atoms with Crippen LogP contribution in [-0.2, 0) is 19.2 Å². The first-order valence-corrected chi connectivity index (χ1v) is 9.59. The van der Waals surface area contributed by atoms with Crippen molar-refractivity contribution < 1.29 is 24.3 Å². The summed E-state index contributed by atoms with van der Waals surface area (Å²) in [7, 11) is 0. The first kappa shape index (κ1) is 21.5. The standard InChI is InChI=1S/C17H28N2O5S/c1-10(2)8-13(17(23)24)18-15(21)14-6-5-7-19(14)16(22)11(3)9-25-12(4)20/h10-11,13-14H,5-9H2,1-4H3,(H,18,21)(H,23,24)/t11?,13-,14-/m0/s1. The fourth-order valence-corrected chi connectivity index (χ4v) is 3.49. The summed E-state index contributed by atoms with van der Waals surface area (Å²) in [6, 6.07) is -1.58. The van der Waals surface area contributed by atoms with E-state index in [1.165, 1.54) is 11.8 Å². The van der Waals surface area contributed by atoms with Crippen LogP contribution >= 0.6 is 11.8 Å². The lowest BCUT2D eigenvalue weighted by Crippen LogP contribution is -2.52. The van der Waals surface area contributed by atoms with Gasteiger partial charge in [0, 0.05) is 25.1 Å². The van der Waals surface area contributed by atoms with Crippen LogP contribution < -0.4 is 5.32 Å². The van der Waals surface area contributed by atoms with Gasteiger partial charge in [0.05, 0.1) is 0 Å². The van der Waals surface area contributed by atoms with Crippen molar-refractivity contribution >= 4 is 34.7 Å². The third-order valence-corrected chi connectivity index (χ3v) is 5.19. The molecule has 7 nitrogen and oxygen atoms in total. The van der Waals surface area contributed by atoms with Gasteiger partial charge in [-0.2, -0.15) is 0 Å². The summed E-state index contributed by atoms with van der Waals surface area (Å²) >= 11 is 1.09. The molecule has 1 rings (SSSR count). The van der Waals surface area contributed by atoms with Gasteiger partial charge in [-0.25, -0.2) is 4.79 Å². The Bertz CT molecular complexity index is 523. The molecule has 2 amide bonds. The van der Waals surface area contributed by atoms with Crippen molar-refractivity contribution in [3.05, 3.63) is 0 Å². The van der Waals surface area contributed by atoms with Crippen molar-refractivity contribution in [2.75, 3.05) is 12.3 Å². The smallest absolute Gasteiger partial charge is 0.326 e. The Kier molecular flexibility index (Phi) is 8.41. The molecule has 0 aliphatic carbocycles. The molecular weight excluding hydrogens is 344 g/mol. The van der Waals surface area contributed by atoms with Crippen molar-refractivity contribution in [1.82, 2.24) is 10.2 Å². The number of carbonyl (C=O) groups excluding carboxylic acids is 3. The zero-order chi connectivity index (χ0) is 19.1. The molecular formula is C17H28N2O5S. The Morgan fingerprint density at radius 3 is 2.40 bits per heavy atom. The minimum atomic E-state index is -1.07. The van der Waals surface area contributed by atoms with Gasteiger partial charge in [0.25, 0.3) is 0 Å². The Labute approximate surface area is 152 Å². The van der Waals surface area contributed by atoms with Crippen LogP contribution in [-0.4, -0.2) is 57.3 Å². The SMILES string of the molecule is CC(=O)SCC(C)C(=O)N1CCC[C@H]1C(=O)N[C@@H](CC(C)C)C(=O)O. The lowest BCUT2D eigenvalue weighted by atomic mass is 10.0. The van der Waals surface area contributed by atoms with Gasteiger partial charge < -0.3 is 15.3 Å². The van der Waals surface area contributed by atoms with E-state index in [4.69, 9.17) is 0 Å². The molecule has 0 bridgehead atoms. The number of carboxylic acid groups (broad SMARTS) is 1. The second-order valence-electron chi connectivity index (χ2n) is 6.92. The Morgan fingerprint density at radius 2 is 1.88 bits per heavy atom.